The smallest absolute Gasteiger partial charge is 0.339 e. The van der Waals surface area contributed by atoms with Crippen molar-refractivity contribution in [3.05, 3.63) is 29.7 Å². The molecule has 0 unspecified atom stereocenters. The monoisotopic (exact) mass is 274 g/mol. The van der Waals surface area contributed by atoms with E-state index in [1.807, 2.05) is 10.6 Å². The fraction of sp³-hybridized carbons (Fsp3) is 0.500. The SMILES string of the molecule is CN1CCC(Cc2nnc3c(C(=O)O)cccn23)CC1. The average molecular weight is 274 g/mol. The zero-order valence-electron chi connectivity index (χ0n) is 11.5. The van der Waals surface area contributed by atoms with Gasteiger partial charge >= 0.3 is 5.97 Å². The van der Waals surface area contributed by atoms with E-state index < -0.39 is 5.97 Å². The molecule has 0 saturated carbocycles. The number of aromatic carboxylic acids is 1. The van der Waals surface area contributed by atoms with Crippen LogP contribution < -0.4 is 0 Å². The van der Waals surface area contributed by atoms with E-state index in [-0.39, 0.29) is 5.56 Å². The average Bonchev–Trinajstić information content (AvgIpc) is 2.84. The lowest BCUT2D eigenvalue weighted by molar-refractivity contribution is 0.0698. The molecule has 2 aromatic rings. The number of aromatic nitrogens is 3. The van der Waals surface area contributed by atoms with Crippen molar-refractivity contribution in [3.63, 3.8) is 0 Å². The van der Waals surface area contributed by atoms with E-state index in [1.165, 1.54) is 0 Å². The molecule has 1 fully saturated rings. The van der Waals surface area contributed by atoms with Gasteiger partial charge in [-0.2, -0.15) is 0 Å². The molecule has 1 N–H and O–H groups in total. The molecule has 0 bridgehead atoms. The third-order valence-corrected chi connectivity index (χ3v) is 4.05. The number of carbonyl (C=O) groups is 1. The fourth-order valence-corrected chi connectivity index (χ4v) is 2.79. The van der Waals surface area contributed by atoms with Gasteiger partial charge in [-0.05, 0) is 51.0 Å². The lowest BCUT2D eigenvalue weighted by Gasteiger charge is -2.28. The van der Waals surface area contributed by atoms with Gasteiger partial charge in [-0.3, -0.25) is 4.40 Å². The standard InChI is InChI=1S/C14H18N4O2/c1-17-7-4-10(5-8-17)9-12-15-16-13-11(14(19)20)3-2-6-18(12)13/h2-3,6,10H,4-5,7-9H2,1H3,(H,19,20). The minimum absolute atomic E-state index is 0.203. The predicted molar refractivity (Wildman–Crippen MR) is 73.9 cm³/mol. The van der Waals surface area contributed by atoms with E-state index in [4.69, 9.17) is 5.11 Å². The number of likely N-dealkylation sites (tertiary alicyclic amines) is 1. The summed E-state index contributed by atoms with van der Waals surface area (Å²) in [6.07, 6.45) is 5.01. The molecule has 6 heteroatoms. The molecule has 3 heterocycles. The van der Waals surface area contributed by atoms with Crippen LogP contribution in [0, 0.1) is 5.92 Å². The van der Waals surface area contributed by atoms with Crippen LogP contribution in [0.4, 0.5) is 0 Å². The maximum atomic E-state index is 11.2. The Morgan fingerprint density at radius 3 is 2.85 bits per heavy atom. The van der Waals surface area contributed by atoms with E-state index in [2.05, 4.69) is 22.1 Å². The quantitative estimate of drug-likeness (QED) is 0.913. The first-order chi connectivity index (χ1) is 9.65. The minimum Gasteiger partial charge on any atom is -0.478 e. The van der Waals surface area contributed by atoms with E-state index in [9.17, 15) is 4.79 Å². The molecule has 0 spiro atoms. The minimum atomic E-state index is -0.964. The molecule has 1 saturated heterocycles. The Labute approximate surface area is 117 Å². The Morgan fingerprint density at radius 1 is 1.40 bits per heavy atom. The third kappa shape index (κ3) is 2.38. The molecule has 0 atom stereocenters. The molecule has 0 radical (unpaired) electrons. The van der Waals surface area contributed by atoms with E-state index in [0.29, 0.717) is 11.6 Å². The van der Waals surface area contributed by atoms with Gasteiger partial charge in [-0.15, -0.1) is 10.2 Å². The van der Waals surface area contributed by atoms with E-state index in [0.717, 1.165) is 38.2 Å². The highest BCUT2D eigenvalue weighted by Crippen LogP contribution is 2.21. The highest BCUT2D eigenvalue weighted by atomic mass is 16.4. The number of nitrogens with zero attached hydrogens (tertiary/aromatic N) is 4. The molecule has 106 valence electrons. The van der Waals surface area contributed by atoms with Crippen molar-refractivity contribution in [2.75, 3.05) is 20.1 Å². The first kappa shape index (κ1) is 13.1. The van der Waals surface area contributed by atoms with E-state index in [1.54, 1.807) is 12.1 Å². The second kappa shape index (κ2) is 5.20. The third-order valence-electron chi connectivity index (χ3n) is 4.05. The van der Waals surface area contributed by atoms with Crippen LogP contribution in [0.25, 0.3) is 5.65 Å². The van der Waals surface area contributed by atoms with Gasteiger partial charge in [-0.1, -0.05) is 0 Å². The summed E-state index contributed by atoms with van der Waals surface area (Å²) in [7, 11) is 2.14. The normalized spacial score (nSPS) is 17.6. The van der Waals surface area contributed by atoms with Gasteiger partial charge in [0.25, 0.3) is 0 Å². The lowest BCUT2D eigenvalue weighted by atomic mass is 9.93. The molecule has 1 aliphatic heterocycles. The van der Waals surface area contributed by atoms with Crippen LogP contribution in [0.3, 0.4) is 0 Å². The summed E-state index contributed by atoms with van der Waals surface area (Å²) in [6, 6.07) is 3.30. The molecule has 0 aliphatic carbocycles. The van der Waals surface area contributed by atoms with Crippen molar-refractivity contribution in [1.29, 1.82) is 0 Å². The van der Waals surface area contributed by atoms with Gasteiger partial charge < -0.3 is 10.0 Å². The molecule has 3 rings (SSSR count). The molecule has 0 amide bonds. The maximum absolute atomic E-state index is 11.2. The number of fused-ring (bicyclic) bond motifs is 1. The second-order valence-electron chi connectivity index (χ2n) is 5.49. The first-order valence-electron chi connectivity index (χ1n) is 6.89. The van der Waals surface area contributed by atoms with Crippen LogP contribution in [-0.4, -0.2) is 50.7 Å². The summed E-state index contributed by atoms with van der Waals surface area (Å²) in [5.74, 6) is 0.499. The predicted octanol–water partition coefficient (Wildman–Crippen LogP) is 1.31. The zero-order valence-corrected chi connectivity index (χ0v) is 11.5. The van der Waals surface area contributed by atoms with Crippen LogP contribution in [0.15, 0.2) is 18.3 Å². The van der Waals surface area contributed by atoms with Crippen LogP contribution in [-0.2, 0) is 6.42 Å². The Kier molecular flexibility index (Phi) is 3.40. The van der Waals surface area contributed by atoms with Crippen molar-refractivity contribution in [3.8, 4) is 0 Å². The highest BCUT2D eigenvalue weighted by Gasteiger charge is 2.20. The summed E-state index contributed by atoms with van der Waals surface area (Å²) in [5.41, 5.74) is 0.637. The second-order valence-corrected chi connectivity index (χ2v) is 5.49. The number of hydrogen-bond acceptors (Lipinski definition) is 4. The molecular weight excluding hydrogens is 256 g/mol. The zero-order chi connectivity index (χ0) is 14.1. The number of pyridine rings is 1. The summed E-state index contributed by atoms with van der Waals surface area (Å²) < 4.78 is 1.81. The van der Waals surface area contributed by atoms with Crippen LogP contribution >= 0.6 is 0 Å². The molecule has 0 aromatic carbocycles. The molecular formula is C14H18N4O2. The van der Waals surface area contributed by atoms with Gasteiger partial charge in [0.05, 0.1) is 0 Å². The number of piperidine rings is 1. The van der Waals surface area contributed by atoms with Gasteiger partial charge in [0.1, 0.15) is 11.4 Å². The Balaban J connectivity index is 1.86. The summed E-state index contributed by atoms with van der Waals surface area (Å²) in [5, 5.41) is 17.4. The summed E-state index contributed by atoms with van der Waals surface area (Å²) >= 11 is 0. The van der Waals surface area contributed by atoms with Gasteiger partial charge in [-0.25, -0.2) is 4.79 Å². The van der Waals surface area contributed by atoms with Crippen molar-refractivity contribution in [2.24, 2.45) is 5.92 Å². The number of carboxylic acids is 1. The molecule has 6 nitrogen and oxygen atoms in total. The highest BCUT2D eigenvalue weighted by molar-refractivity contribution is 5.94. The van der Waals surface area contributed by atoms with Crippen LogP contribution in [0.1, 0.15) is 29.0 Å². The first-order valence-corrected chi connectivity index (χ1v) is 6.89. The van der Waals surface area contributed by atoms with Crippen LogP contribution in [0.5, 0.6) is 0 Å². The number of carboxylic acid groups (broad SMARTS) is 1. The van der Waals surface area contributed by atoms with Crippen molar-refractivity contribution in [2.45, 2.75) is 19.3 Å². The summed E-state index contributed by atoms with van der Waals surface area (Å²) in [6.45, 7) is 2.23. The molecule has 1 aliphatic rings. The number of hydrogen-bond donors (Lipinski definition) is 1. The van der Waals surface area contributed by atoms with Gasteiger partial charge in [0.15, 0.2) is 5.65 Å². The summed E-state index contributed by atoms with van der Waals surface area (Å²) in [4.78, 5) is 13.5. The lowest BCUT2D eigenvalue weighted by Crippen LogP contribution is -2.31. The van der Waals surface area contributed by atoms with Crippen molar-refractivity contribution in [1.82, 2.24) is 19.5 Å². The van der Waals surface area contributed by atoms with E-state index >= 15 is 0 Å². The van der Waals surface area contributed by atoms with Gasteiger partial charge in [0, 0.05) is 12.6 Å². The Hall–Kier alpha value is -1.95. The fourth-order valence-electron chi connectivity index (χ4n) is 2.79. The molecule has 20 heavy (non-hydrogen) atoms. The van der Waals surface area contributed by atoms with Crippen LogP contribution in [0.2, 0.25) is 0 Å². The Bertz CT molecular complexity index is 629. The van der Waals surface area contributed by atoms with Crippen molar-refractivity contribution < 1.29 is 9.90 Å². The largest absolute Gasteiger partial charge is 0.478 e. The Morgan fingerprint density at radius 2 is 2.15 bits per heavy atom. The molecule has 2 aromatic heterocycles. The van der Waals surface area contributed by atoms with Crippen molar-refractivity contribution >= 4 is 11.6 Å². The van der Waals surface area contributed by atoms with Gasteiger partial charge in [0.2, 0.25) is 0 Å². The maximum Gasteiger partial charge on any atom is 0.339 e. The topological polar surface area (TPSA) is 70.7 Å². The number of rotatable bonds is 3.